The molecule has 0 spiro atoms. The summed E-state index contributed by atoms with van der Waals surface area (Å²) in [6, 6.07) is 11.9. The molecule has 15 nitrogen and oxygen atoms in total. The first-order valence-electron chi connectivity index (χ1n) is 13.9. The average Bonchev–Trinajstić information content (AvgIpc) is 3.57. The van der Waals surface area contributed by atoms with Gasteiger partial charge in [-0.1, -0.05) is 0 Å². The molecule has 1 saturated heterocycles. The number of benzene rings is 2. The third kappa shape index (κ3) is 7.30. The monoisotopic (exact) mass is 665 g/mol. The van der Waals surface area contributed by atoms with Crippen molar-refractivity contribution in [1.82, 2.24) is 4.98 Å². The fraction of sp³-hybridized carbons (Fsp3) is 0.433. The van der Waals surface area contributed by atoms with E-state index in [1.807, 2.05) is 17.5 Å². The van der Waals surface area contributed by atoms with Crippen LogP contribution in [0.2, 0.25) is 0 Å². The second kappa shape index (κ2) is 14.8. The molecular formula is C30H35NO14S. The predicted octanol–water partition coefficient (Wildman–Crippen LogP) is -0.744. The van der Waals surface area contributed by atoms with Crippen LogP contribution >= 0.6 is 11.3 Å². The van der Waals surface area contributed by atoms with Gasteiger partial charge in [0, 0.05) is 23.4 Å². The molecule has 2 aromatic carbocycles. The molecule has 0 unspecified atom stereocenters. The van der Waals surface area contributed by atoms with Gasteiger partial charge in [-0.2, -0.15) is 0 Å². The van der Waals surface area contributed by atoms with Gasteiger partial charge in [0.15, 0.2) is 30.0 Å². The second-order valence-corrected chi connectivity index (χ2v) is 11.3. The summed E-state index contributed by atoms with van der Waals surface area (Å²) in [6.07, 6.45) is -16.2. The topological polar surface area (TPSA) is 235 Å². The molecule has 1 fully saturated rings. The second-order valence-electron chi connectivity index (χ2n) is 10.5. The number of aldehydes is 1. The van der Waals surface area contributed by atoms with Crippen LogP contribution in [0.4, 0.5) is 0 Å². The number of hydrogen-bond acceptors (Lipinski definition) is 16. The van der Waals surface area contributed by atoms with E-state index in [1.54, 1.807) is 44.6 Å². The van der Waals surface area contributed by atoms with Crippen LogP contribution in [0.1, 0.15) is 6.92 Å². The first kappa shape index (κ1) is 35.1. The molecule has 0 bridgehead atoms. The number of ether oxygens (including phenoxy) is 5. The number of thiazole rings is 1. The zero-order valence-corrected chi connectivity index (χ0v) is 25.7. The first-order valence-corrected chi connectivity index (χ1v) is 14.8. The van der Waals surface area contributed by atoms with Crippen molar-refractivity contribution in [3.63, 3.8) is 0 Å². The van der Waals surface area contributed by atoms with Gasteiger partial charge in [-0.05, 0) is 42.5 Å². The van der Waals surface area contributed by atoms with Crippen LogP contribution in [0.5, 0.6) is 17.2 Å². The van der Waals surface area contributed by atoms with Gasteiger partial charge in [0.1, 0.15) is 47.4 Å². The summed E-state index contributed by atoms with van der Waals surface area (Å²) >= 11 is 1.41. The maximum absolute atomic E-state index is 12.7. The lowest BCUT2D eigenvalue weighted by molar-refractivity contribution is -0.333. The molecule has 0 aliphatic carbocycles. The molecule has 3 aromatic rings. The number of methoxy groups -OCH3 is 2. The van der Waals surface area contributed by atoms with Gasteiger partial charge < -0.3 is 64.2 Å². The van der Waals surface area contributed by atoms with Crippen LogP contribution in [0.15, 0.2) is 47.8 Å². The molecular weight excluding hydrogens is 630 g/mol. The molecule has 0 radical (unpaired) electrons. The molecule has 2 heterocycles. The van der Waals surface area contributed by atoms with Crippen LogP contribution < -0.4 is 14.2 Å². The highest BCUT2D eigenvalue weighted by atomic mass is 32.1. The van der Waals surface area contributed by atoms with E-state index in [0.29, 0.717) is 22.8 Å². The zero-order chi connectivity index (χ0) is 33.8. The minimum absolute atomic E-state index is 0.113. The Morgan fingerprint density at radius 2 is 1.65 bits per heavy atom. The lowest BCUT2D eigenvalue weighted by atomic mass is 9.93. The van der Waals surface area contributed by atoms with Gasteiger partial charge in [0.25, 0.3) is 0 Å². The number of esters is 1. The van der Waals surface area contributed by atoms with Crippen LogP contribution in [0.25, 0.3) is 21.8 Å². The van der Waals surface area contributed by atoms with Crippen molar-refractivity contribution in [1.29, 1.82) is 0 Å². The first-order chi connectivity index (χ1) is 21.9. The Bertz CT molecular complexity index is 1480. The number of aromatic nitrogens is 1. The summed E-state index contributed by atoms with van der Waals surface area (Å²) in [6.45, 7) is 0.500. The van der Waals surface area contributed by atoms with Gasteiger partial charge in [-0.15, -0.1) is 11.3 Å². The number of rotatable bonds is 13. The van der Waals surface area contributed by atoms with Crippen molar-refractivity contribution in [2.45, 2.75) is 61.5 Å². The largest absolute Gasteiger partial charge is 0.493 e. The fourth-order valence-corrected chi connectivity index (χ4v) is 5.62. The van der Waals surface area contributed by atoms with E-state index in [-0.39, 0.29) is 12.0 Å². The van der Waals surface area contributed by atoms with Crippen molar-refractivity contribution < 1.29 is 69.0 Å². The van der Waals surface area contributed by atoms with Gasteiger partial charge in [0.2, 0.25) is 5.79 Å². The predicted molar refractivity (Wildman–Crippen MR) is 159 cm³/mol. The zero-order valence-electron chi connectivity index (χ0n) is 24.9. The van der Waals surface area contributed by atoms with Gasteiger partial charge >= 0.3 is 5.97 Å². The van der Waals surface area contributed by atoms with E-state index in [1.165, 1.54) is 18.3 Å². The van der Waals surface area contributed by atoms with Gasteiger partial charge in [0.05, 0.1) is 26.5 Å². The summed E-state index contributed by atoms with van der Waals surface area (Å²) in [5.74, 6) is -2.39. The normalized spacial score (nSPS) is 25.5. The maximum Gasteiger partial charge on any atom is 0.338 e. The summed E-state index contributed by atoms with van der Waals surface area (Å²) in [5, 5.41) is 73.0. The molecule has 7 N–H and O–H groups in total. The van der Waals surface area contributed by atoms with Crippen molar-refractivity contribution in [2.75, 3.05) is 20.8 Å². The highest BCUT2D eigenvalue weighted by Crippen LogP contribution is 2.37. The number of nitrogens with zero attached hydrogens (tertiary/aromatic N) is 1. The maximum atomic E-state index is 12.7. The van der Waals surface area contributed by atoms with Crippen LogP contribution in [-0.4, -0.2) is 128 Å². The molecule has 46 heavy (non-hydrogen) atoms. The van der Waals surface area contributed by atoms with Gasteiger partial charge in [-0.3, -0.25) is 0 Å². The smallest absolute Gasteiger partial charge is 0.338 e. The van der Waals surface area contributed by atoms with Crippen molar-refractivity contribution in [2.24, 2.45) is 0 Å². The van der Waals surface area contributed by atoms with Crippen LogP contribution in [0, 0.1) is 0 Å². The Hall–Kier alpha value is -3.71. The lowest BCUT2D eigenvalue weighted by Crippen LogP contribution is -2.67. The minimum atomic E-state index is -2.49. The number of aliphatic hydroxyl groups is 7. The summed E-state index contributed by atoms with van der Waals surface area (Å²) in [5.41, 5.74) is 2.19. The molecule has 4 rings (SSSR count). The molecule has 1 aromatic heterocycles. The Kier molecular flexibility index (Phi) is 11.3. The van der Waals surface area contributed by atoms with Crippen LogP contribution in [-0.2, 0) is 19.1 Å². The summed E-state index contributed by atoms with van der Waals surface area (Å²) < 4.78 is 27.5. The third-order valence-electron chi connectivity index (χ3n) is 7.38. The number of carbonyl (C=O) groups excluding carboxylic acids is 2. The van der Waals surface area contributed by atoms with E-state index in [2.05, 4.69) is 0 Å². The minimum Gasteiger partial charge on any atom is -0.493 e. The SMILES string of the molecule is COc1ccc(-c2nc(-c3ccc(O[C@]4(C)O[C@H](CO)[C@@H](O)[C@H](O)[C@H]4OC(=O)[C@@H](O)[C@H](O)[C@@H](O)[C@H](O)C=O)cc3)cs2)cc1OC. The molecule has 0 saturated carbocycles. The fourth-order valence-electron chi connectivity index (χ4n) is 4.79. The molecule has 250 valence electrons. The highest BCUT2D eigenvalue weighted by molar-refractivity contribution is 7.13. The van der Waals surface area contributed by atoms with E-state index in [0.717, 1.165) is 10.6 Å². The summed E-state index contributed by atoms with van der Waals surface area (Å²) in [7, 11) is 3.09. The number of hydrogen-bond donors (Lipinski definition) is 7. The molecule has 1 aliphatic rings. The van der Waals surface area contributed by atoms with Crippen molar-refractivity contribution in [3.05, 3.63) is 47.8 Å². The van der Waals surface area contributed by atoms with E-state index in [4.69, 9.17) is 28.7 Å². The van der Waals surface area contributed by atoms with E-state index >= 15 is 0 Å². The number of carbonyl (C=O) groups is 2. The molecule has 0 amide bonds. The average molecular weight is 666 g/mol. The standard InChI is InChI=1S/C30H35NO14S/c1-30(27(25(38)23(36)21(12-33)45-30)43-29(40)26(39)24(37)22(35)18(34)11-32)44-16-7-4-14(5-8-16)17-13-46-28(31-17)15-6-9-19(41-2)20(10-15)42-3/h4-11,13,18,21-27,33-39H,12H2,1-3H3/t18-,21-,22+,23-,24-,25+,26+,27-,30-/m1/s1. The quantitative estimate of drug-likeness (QED) is 0.0880. The Labute approximate surface area is 266 Å². The van der Waals surface area contributed by atoms with E-state index in [9.17, 15) is 45.3 Å². The van der Waals surface area contributed by atoms with Crippen molar-refractivity contribution in [3.8, 4) is 39.1 Å². The number of aliphatic hydroxyl groups excluding tert-OH is 7. The highest BCUT2D eigenvalue weighted by Gasteiger charge is 2.56. The third-order valence-corrected chi connectivity index (χ3v) is 8.27. The van der Waals surface area contributed by atoms with E-state index < -0.39 is 67.2 Å². The molecule has 16 heteroatoms. The summed E-state index contributed by atoms with van der Waals surface area (Å²) in [4.78, 5) is 28.1. The van der Waals surface area contributed by atoms with Gasteiger partial charge in [-0.25, -0.2) is 9.78 Å². The lowest BCUT2D eigenvalue weighted by Gasteiger charge is -2.47. The van der Waals surface area contributed by atoms with Crippen LogP contribution in [0.3, 0.4) is 0 Å². The molecule has 9 atom stereocenters. The molecule has 1 aliphatic heterocycles. The van der Waals surface area contributed by atoms with Crippen molar-refractivity contribution >= 4 is 23.6 Å². The Morgan fingerprint density at radius 3 is 2.26 bits per heavy atom. The Balaban J connectivity index is 1.54. The Morgan fingerprint density at radius 1 is 1.00 bits per heavy atom.